The van der Waals surface area contributed by atoms with Crippen LogP contribution in [0.25, 0.3) is 10.7 Å². The van der Waals surface area contributed by atoms with Crippen LogP contribution in [0, 0.1) is 0 Å². The predicted octanol–water partition coefficient (Wildman–Crippen LogP) is 4.36. The van der Waals surface area contributed by atoms with Gasteiger partial charge in [-0.15, -0.1) is 11.3 Å². The van der Waals surface area contributed by atoms with E-state index < -0.39 is 0 Å². The third-order valence-corrected chi connectivity index (χ3v) is 6.30. The predicted molar refractivity (Wildman–Crippen MR) is 132 cm³/mol. The van der Waals surface area contributed by atoms with Gasteiger partial charge in [0.25, 0.3) is 5.91 Å². The number of para-hydroxylation sites is 2. The number of nitrogens with one attached hydrogen (secondary N) is 2. The summed E-state index contributed by atoms with van der Waals surface area (Å²) in [7, 11) is 0. The zero-order valence-electron chi connectivity index (χ0n) is 18.6. The SMILES string of the molecule is O=C(CCCc1nc(-c2cccs2)no1)Nc1ccc(C(=O)N2CC(=O)Nc3ccccc32)cc1. The van der Waals surface area contributed by atoms with E-state index >= 15 is 0 Å². The Morgan fingerprint density at radius 3 is 2.71 bits per heavy atom. The van der Waals surface area contributed by atoms with E-state index in [0.717, 1.165) is 4.88 Å². The Morgan fingerprint density at radius 2 is 1.91 bits per heavy atom. The molecule has 0 atom stereocenters. The lowest BCUT2D eigenvalue weighted by Crippen LogP contribution is -2.42. The van der Waals surface area contributed by atoms with Gasteiger partial charge in [-0.05, 0) is 54.3 Å². The lowest BCUT2D eigenvalue weighted by molar-refractivity contribution is -0.116. The Balaban J connectivity index is 1.14. The Kier molecular flexibility index (Phi) is 6.36. The minimum absolute atomic E-state index is 0.0524. The summed E-state index contributed by atoms with van der Waals surface area (Å²) in [5, 5.41) is 11.5. The Hall–Kier alpha value is -4.31. The van der Waals surface area contributed by atoms with Crippen molar-refractivity contribution < 1.29 is 18.9 Å². The number of carbonyl (C=O) groups is 3. The van der Waals surface area contributed by atoms with Gasteiger partial charge in [-0.3, -0.25) is 19.3 Å². The number of rotatable bonds is 7. The zero-order chi connectivity index (χ0) is 24.2. The minimum Gasteiger partial charge on any atom is -0.339 e. The second-order valence-corrected chi connectivity index (χ2v) is 8.87. The number of anilines is 3. The van der Waals surface area contributed by atoms with Crippen molar-refractivity contribution in [3.8, 4) is 10.7 Å². The van der Waals surface area contributed by atoms with E-state index in [2.05, 4.69) is 20.8 Å². The van der Waals surface area contributed by atoms with Gasteiger partial charge in [-0.25, -0.2) is 0 Å². The van der Waals surface area contributed by atoms with Crippen LogP contribution in [0.5, 0.6) is 0 Å². The molecular formula is C25H21N5O4S. The fourth-order valence-electron chi connectivity index (χ4n) is 3.75. The first-order valence-corrected chi connectivity index (χ1v) is 11.9. The second kappa shape index (κ2) is 9.90. The highest BCUT2D eigenvalue weighted by molar-refractivity contribution is 7.13. The van der Waals surface area contributed by atoms with Crippen LogP contribution in [0.1, 0.15) is 29.1 Å². The van der Waals surface area contributed by atoms with E-state index in [1.165, 1.54) is 16.2 Å². The molecule has 1 aliphatic heterocycles. The molecule has 4 aromatic rings. The van der Waals surface area contributed by atoms with E-state index in [4.69, 9.17) is 4.52 Å². The molecule has 2 aromatic carbocycles. The fraction of sp³-hybridized carbons (Fsp3) is 0.160. The molecule has 2 N–H and O–H groups in total. The fourth-order valence-corrected chi connectivity index (χ4v) is 4.40. The van der Waals surface area contributed by atoms with Crippen LogP contribution < -0.4 is 15.5 Å². The van der Waals surface area contributed by atoms with Crippen molar-refractivity contribution in [1.29, 1.82) is 0 Å². The first-order valence-electron chi connectivity index (χ1n) is 11.0. The van der Waals surface area contributed by atoms with Gasteiger partial charge < -0.3 is 15.2 Å². The summed E-state index contributed by atoms with van der Waals surface area (Å²) in [4.78, 5) is 44.1. The molecule has 3 heterocycles. The van der Waals surface area contributed by atoms with Gasteiger partial charge >= 0.3 is 0 Å². The maximum atomic E-state index is 13.0. The van der Waals surface area contributed by atoms with Crippen molar-refractivity contribution in [2.75, 3.05) is 22.1 Å². The maximum Gasteiger partial charge on any atom is 0.258 e. The second-order valence-electron chi connectivity index (χ2n) is 7.92. The largest absolute Gasteiger partial charge is 0.339 e. The molecule has 0 bridgehead atoms. The van der Waals surface area contributed by atoms with Crippen molar-refractivity contribution in [3.05, 3.63) is 77.5 Å². The molecule has 176 valence electrons. The molecule has 0 saturated heterocycles. The number of hydrogen-bond acceptors (Lipinski definition) is 7. The summed E-state index contributed by atoms with van der Waals surface area (Å²) in [5.74, 6) is 0.374. The first-order chi connectivity index (χ1) is 17.1. The van der Waals surface area contributed by atoms with Crippen LogP contribution in [0.3, 0.4) is 0 Å². The number of thiophene rings is 1. The van der Waals surface area contributed by atoms with Crippen molar-refractivity contribution >= 4 is 46.1 Å². The van der Waals surface area contributed by atoms with Crippen LogP contribution in [-0.2, 0) is 16.0 Å². The number of nitrogens with zero attached hydrogens (tertiary/aromatic N) is 3. The molecule has 5 rings (SSSR count). The number of aromatic nitrogens is 2. The molecule has 10 heteroatoms. The van der Waals surface area contributed by atoms with E-state index in [-0.39, 0.29) is 30.7 Å². The summed E-state index contributed by atoms with van der Waals surface area (Å²) in [6.45, 7) is -0.0524. The van der Waals surface area contributed by atoms with E-state index in [0.29, 0.717) is 47.2 Å². The van der Waals surface area contributed by atoms with E-state index in [1.807, 2.05) is 23.6 Å². The summed E-state index contributed by atoms with van der Waals surface area (Å²) >= 11 is 1.54. The smallest absolute Gasteiger partial charge is 0.258 e. The van der Waals surface area contributed by atoms with E-state index in [9.17, 15) is 14.4 Å². The van der Waals surface area contributed by atoms with Crippen molar-refractivity contribution in [2.24, 2.45) is 0 Å². The van der Waals surface area contributed by atoms with Crippen LogP contribution >= 0.6 is 11.3 Å². The number of carbonyl (C=O) groups excluding carboxylic acids is 3. The van der Waals surface area contributed by atoms with Gasteiger partial charge in [-0.1, -0.05) is 23.4 Å². The van der Waals surface area contributed by atoms with Gasteiger partial charge in [-0.2, -0.15) is 4.98 Å². The molecule has 0 fully saturated rings. The standard InChI is InChI=1S/C25H21N5O4S/c31-21(8-3-9-23-28-24(29-34-23)20-7-4-14-35-20)26-17-12-10-16(11-13-17)25(33)30-15-22(32)27-18-5-1-2-6-19(18)30/h1-2,4-7,10-14H,3,8-9,15H2,(H,26,31)(H,27,32). The van der Waals surface area contributed by atoms with Crippen LogP contribution in [0.2, 0.25) is 0 Å². The van der Waals surface area contributed by atoms with Crippen LogP contribution in [-0.4, -0.2) is 34.4 Å². The van der Waals surface area contributed by atoms with Gasteiger partial charge in [0.1, 0.15) is 6.54 Å². The summed E-state index contributed by atoms with van der Waals surface area (Å²) in [6.07, 6.45) is 1.35. The lowest BCUT2D eigenvalue weighted by Gasteiger charge is -2.29. The first kappa shape index (κ1) is 22.5. The molecule has 0 spiro atoms. The minimum atomic E-state index is -0.286. The highest BCUT2D eigenvalue weighted by Gasteiger charge is 2.27. The van der Waals surface area contributed by atoms with Crippen molar-refractivity contribution in [2.45, 2.75) is 19.3 Å². The lowest BCUT2D eigenvalue weighted by atomic mass is 10.1. The number of amides is 3. The quantitative estimate of drug-likeness (QED) is 0.400. The maximum absolute atomic E-state index is 13.0. The molecule has 2 aromatic heterocycles. The third kappa shape index (κ3) is 5.12. The van der Waals surface area contributed by atoms with Crippen molar-refractivity contribution in [1.82, 2.24) is 10.1 Å². The average Bonchev–Trinajstić information content (AvgIpc) is 3.56. The Morgan fingerprint density at radius 1 is 1.09 bits per heavy atom. The Bertz CT molecular complexity index is 1360. The highest BCUT2D eigenvalue weighted by Crippen LogP contribution is 2.30. The molecule has 3 amide bonds. The molecule has 1 aliphatic rings. The highest BCUT2D eigenvalue weighted by atomic mass is 32.1. The molecule has 35 heavy (non-hydrogen) atoms. The van der Waals surface area contributed by atoms with E-state index in [1.54, 1.807) is 42.5 Å². The van der Waals surface area contributed by atoms with Crippen molar-refractivity contribution in [3.63, 3.8) is 0 Å². The van der Waals surface area contributed by atoms with Gasteiger partial charge in [0.2, 0.25) is 23.5 Å². The average molecular weight is 488 g/mol. The summed E-state index contributed by atoms with van der Waals surface area (Å²) in [6, 6.07) is 17.6. The number of hydrogen-bond donors (Lipinski definition) is 2. The topological polar surface area (TPSA) is 117 Å². The van der Waals surface area contributed by atoms with Crippen LogP contribution in [0.15, 0.2) is 70.6 Å². The van der Waals surface area contributed by atoms with Gasteiger partial charge in [0, 0.05) is 24.1 Å². The number of aryl methyl sites for hydroxylation is 1. The van der Waals surface area contributed by atoms with Crippen LogP contribution in [0.4, 0.5) is 17.1 Å². The summed E-state index contributed by atoms with van der Waals surface area (Å²) in [5.41, 5.74) is 2.26. The normalized spacial score (nSPS) is 12.7. The molecule has 0 aliphatic carbocycles. The number of fused-ring (bicyclic) bond motifs is 1. The zero-order valence-corrected chi connectivity index (χ0v) is 19.4. The number of benzene rings is 2. The molecule has 0 radical (unpaired) electrons. The molecule has 0 unspecified atom stereocenters. The Labute approximate surface area is 204 Å². The summed E-state index contributed by atoms with van der Waals surface area (Å²) < 4.78 is 5.26. The third-order valence-electron chi connectivity index (χ3n) is 5.44. The van der Waals surface area contributed by atoms with Gasteiger partial charge in [0.15, 0.2) is 0 Å². The molecule has 0 saturated carbocycles. The monoisotopic (exact) mass is 487 g/mol. The van der Waals surface area contributed by atoms with Gasteiger partial charge in [0.05, 0.1) is 16.3 Å². The molecule has 9 nitrogen and oxygen atoms in total. The molecular weight excluding hydrogens is 466 g/mol.